The summed E-state index contributed by atoms with van der Waals surface area (Å²) >= 11 is 0. The first kappa shape index (κ1) is 13.2. The van der Waals surface area contributed by atoms with Gasteiger partial charge in [-0.2, -0.15) is 5.10 Å². The van der Waals surface area contributed by atoms with Crippen LogP contribution < -0.4 is 5.46 Å². The Labute approximate surface area is 118 Å². The van der Waals surface area contributed by atoms with Crippen LogP contribution in [0.5, 0.6) is 0 Å². The van der Waals surface area contributed by atoms with E-state index in [2.05, 4.69) is 5.10 Å². The highest BCUT2D eigenvalue weighted by atomic mass is 16.5. The average Bonchev–Trinajstić information content (AvgIpc) is 2.86. The number of benzene rings is 1. The van der Waals surface area contributed by atoms with Crippen molar-refractivity contribution >= 4 is 30.2 Å². The van der Waals surface area contributed by atoms with Gasteiger partial charge in [-0.1, -0.05) is 17.6 Å². The van der Waals surface area contributed by atoms with Gasteiger partial charge >= 0.3 is 5.97 Å². The molecule has 0 bridgehead atoms. The molecule has 20 heavy (non-hydrogen) atoms. The van der Waals surface area contributed by atoms with Crippen molar-refractivity contribution in [2.45, 2.75) is 25.5 Å². The van der Waals surface area contributed by atoms with Crippen LogP contribution in [-0.2, 0) is 9.47 Å². The maximum absolute atomic E-state index is 11.9. The highest BCUT2D eigenvalue weighted by Gasteiger charge is 2.23. The third-order valence-electron chi connectivity index (χ3n) is 3.54. The number of rotatable bonds is 2. The number of hydrogen-bond acceptors (Lipinski definition) is 4. The first-order chi connectivity index (χ1) is 9.70. The van der Waals surface area contributed by atoms with Gasteiger partial charge in [0.25, 0.3) is 0 Å². The lowest BCUT2D eigenvalue weighted by atomic mass is 9.94. The minimum Gasteiger partial charge on any atom is -0.464 e. The zero-order valence-electron chi connectivity index (χ0n) is 11.3. The Kier molecular flexibility index (Phi) is 3.48. The van der Waals surface area contributed by atoms with Crippen molar-refractivity contribution in [3.63, 3.8) is 0 Å². The molecule has 2 heterocycles. The van der Waals surface area contributed by atoms with Gasteiger partial charge in [0.2, 0.25) is 0 Å². The Hall–Kier alpha value is -1.82. The molecule has 0 aliphatic carbocycles. The summed E-state index contributed by atoms with van der Waals surface area (Å²) in [5.74, 6) is -0.463. The van der Waals surface area contributed by atoms with Crippen molar-refractivity contribution in [1.82, 2.24) is 9.78 Å². The minimum absolute atomic E-state index is 0.131. The number of carbonyl (C=O) groups excluding carboxylic acids is 1. The van der Waals surface area contributed by atoms with Gasteiger partial charge in [0.1, 0.15) is 7.85 Å². The number of nitrogens with zero attached hydrogens (tertiary/aromatic N) is 2. The van der Waals surface area contributed by atoms with Crippen LogP contribution in [0.25, 0.3) is 10.9 Å². The van der Waals surface area contributed by atoms with Gasteiger partial charge < -0.3 is 9.47 Å². The molecule has 0 amide bonds. The summed E-state index contributed by atoms with van der Waals surface area (Å²) < 4.78 is 12.3. The van der Waals surface area contributed by atoms with Crippen LogP contribution in [0.3, 0.4) is 0 Å². The highest BCUT2D eigenvalue weighted by molar-refractivity contribution is 6.33. The molecule has 1 atom stereocenters. The molecule has 5 nitrogen and oxygen atoms in total. The second-order valence-corrected chi connectivity index (χ2v) is 4.88. The molecule has 1 aliphatic heterocycles. The molecule has 0 spiro atoms. The van der Waals surface area contributed by atoms with Crippen LogP contribution in [0.4, 0.5) is 0 Å². The maximum Gasteiger partial charge on any atom is 0.359 e. The predicted octanol–water partition coefficient (Wildman–Crippen LogP) is 1.32. The molecule has 1 aromatic carbocycles. The van der Waals surface area contributed by atoms with E-state index in [4.69, 9.17) is 17.3 Å². The zero-order chi connectivity index (χ0) is 14.1. The van der Waals surface area contributed by atoms with Crippen molar-refractivity contribution in [2.75, 3.05) is 13.7 Å². The summed E-state index contributed by atoms with van der Waals surface area (Å²) in [4.78, 5) is 11.9. The first-order valence-electron chi connectivity index (χ1n) is 6.68. The van der Waals surface area contributed by atoms with Crippen molar-refractivity contribution in [3.05, 3.63) is 23.9 Å². The van der Waals surface area contributed by atoms with E-state index < -0.39 is 5.97 Å². The molecular weight excluding hydrogens is 255 g/mol. The van der Waals surface area contributed by atoms with Crippen LogP contribution in [0, 0.1) is 0 Å². The van der Waals surface area contributed by atoms with Gasteiger partial charge in [0.15, 0.2) is 11.9 Å². The Morgan fingerprint density at radius 3 is 3.05 bits per heavy atom. The quantitative estimate of drug-likeness (QED) is 0.610. The molecule has 1 aromatic heterocycles. The van der Waals surface area contributed by atoms with E-state index in [0.29, 0.717) is 17.5 Å². The summed E-state index contributed by atoms with van der Waals surface area (Å²) in [6, 6.07) is 5.40. The van der Waals surface area contributed by atoms with Crippen LogP contribution in [-0.4, -0.2) is 37.3 Å². The molecule has 6 heteroatoms. The van der Waals surface area contributed by atoms with E-state index in [-0.39, 0.29) is 11.9 Å². The Morgan fingerprint density at radius 2 is 2.35 bits per heavy atom. The van der Waals surface area contributed by atoms with Gasteiger partial charge in [0.05, 0.1) is 12.6 Å². The van der Waals surface area contributed by atoms with Crippen molar-refractivity contribution in [3.8, 4) is 0 Å². The number of aromatic nitrogens is 2. The molecule has 1 saturated heterocycles. The molecule has 1 aliphatic rings. The summed E-state index contributed by atoms with van der Waals surface area (Å²) in [5.41, 5.74) is 1.71. The van der Waals surface area contributed by atoms with Gasteiger partial charge in [-0.25, -0.2) is 9.48 Å². The molecule has 2 radical (unpaired) electrons. The number of hydrogen-bond donors (Lipinski definition) is 0. The van der Waals surface area contributed by atoms with E-state index in [0.717, 1.165) is 24.8 Å². The van der Waals surface area contributed by atoms with Crippen LogP contribution >= 0.6 is 0 Å². The third-order valence-corrected chi connectivity index (χ3v) is 3.54. The van der Waals surface area contributed by atoms with E-state index in [1.807, 2.05) is 6.07 Å². The van der Waals surface area contributed by atoms with Gasteiger partial charge in [-0.05, 0) is 25.3 Å². The van der Waals surface area contributed by atoms with Crippen LogP contribution in [0.15, 0.2) is 18.2 Å². The zero-order valence-corrected chi connectivity index (χ0v) is 11.3. The maximum atomic E-state index is 11.9. The van der Waals surface area contributed by atoms with Crippen molar-refractivity contribution in [2.24, 2.45) is 0 Å². The third kappa shape index (κ3) is 2.20. The predicted molar refractivity (Wildman–Crippen MR) is 75.3 cm³/mol. The summed E-state index contributed by atoms with van der Waals surface area (Å²) in [6.07, 6.45) is 2.91. The summed E-state index contributed by atoms with van der Waals surface area (Å²) in [5, 5.41) is 5.09. The van der Waals surface area contributed by atoms with E-state index in [9.17, 15) is 4.79 Å². The smallest absolute Gasteiger partial charge is 0.359 e. The number of carbonyl (C=O) groups is 1. The lowest BCUT2D eigenvalue weighted by molar-refractivity contribution is -0.0369. The second kappa shape index (κ2) is 5.29. The second-order valence-electron chi connectivity index (χ2n) is 4.88. The standard InChI is InChI=1S/C14H15BN2O3/c1-19-14(18)13-10-8-9(15)5-6-11(10)17(16-13)12-4-2-3-7-20-12/h5-6,8,12H,2-4,7H2,1H3. The fourth-order valence-corrected chi connectivity index (χ4v) is 2.54. The Bertz CT molecular complexity index is 647. The van der Waals surface area contributed by atoms with E-state index in [1.165, 1.54) is 7.11 Å². The molecule has 1 fully saturated rings. The molecule has 2 aromatic rings. The monoisotopic (exact) mass is 270 g/mol. The topological polar surface area (TPSA) is 53.3 Å². The number of methoxy groups -OCH3 is 1. The number of esters is 1. The highest BCUT2D eigenvalue weighted by Crippen LogP contribution is 2.27. The average molecular weight is 270 g/mol. The molecule has 0 N–H and O–H groups in total. The number of fused-ring (bicyclic) bond motifs is 1. The minimum atomic E-state index is -0.463. The molecule has 1 unspecified atom stereocenters. The Balaban J connectivity index is 2.14. The normalized spacial score (nSPS) is 19.1. The molecule has 0 saturated carbocycles. The Morgan fingerprint density at radius 1 is 1.50 bits per heavy atom. The number of ether oxygens (including phenoxy) is 2. The first-order valence-corrected chi connectivity index (χ1v) is 6.68. The molecule has 3 rings (SSSR count). The van der Waals surface area contributed by atoms with E-state index >= 15 is 0 Å². The van der Waals surface area contributed by atoms with Gasteiger partial charge in [0, 0.05) is 12.0 Å². The fourth-order valence-electron chi connectivity index (χ4n) is 2.54. The molecule has 102 valence electrons. The summed E-state index contributed by atoms with van der Waals surface area (Å²) in [7, 11) is 7.15. The van der Waals surface area contributed by atoms with Crippen molar-refractivity contribution in [1.29, 1.82) is 0 Å². The van der Waals surface area contributed by atoms with Gasteiger partial charge in [-0.15, -0.1) is 0 Å². The van der Waals surface area contributed by atoms with Crippen molar-refractivity contribution < 1.29 is 14.3 Å². The fraction of sp³-hybridized carbons (Fsp3) is 0.429. The lowest BCUT2D eigenvalue weighted by Gasteiger charge is -2.23. The lowest BCUT2D eigenvalue weighted by Crippen LogP contribution is -2.19. The largest absolute Gasteiger partial charge is 0.464 e. The van der Waals surface area contributed by atoms with E-state index in [1.54, 1.807) is 16.8 Å². The van der Waals surface area contributed by atoms with Gasteiger partial charge in [-0.3, -0.25) is 0 Å². The van der Waals surface area contributed by atoms with Crippen LogP contribution in [0.1, 0.15) is 36.0 Å². The summed E-state index contributed by atoms with van der Waals surface area (Å²) in [6.45, 7) is 0.717. The SMILES string of the molecule is [B]c1ccc2c(c1)c(C(=O)OC)nn2C1CCCCO1. The molecular formula is C14H15BN2O3. The van der Waals surface area contributed by atoms with Crippen LogP contribution in [0.2, 0.25) is 0 Å².